The predicted octanol–water partition coefficient (Wildman–Crippen LogP) is 7.72. The largest absolute Gasteiger partial charge is 0.349 e. The van der Waals surface area contributed by atoms with Gasteiger partial charge in [0.05, 0.1) is 6.04 Å². The van der Waals surface area contributed by atoms with Crippen molar-refractivity contribution < 1.29 is 13.6 Å². The van der Waals surface area contributed by atoms with E-state index in [1.54, 1.807) is 0 Å². The number of rotatable bonds is 8. The maximum absolute atomic E-state index is 13.8. The highest BCUT2D eigenvalue weighted by Gasteiger charge is 2.49. The molecule has 3 atom stereocenters. The fourth-order valence-electron chi connectivity index (χ4n) is 8.05. The van der Waals surface area contributed by atoms with Crippen molar-refractivity contribution >= 4 is 5.91 Å². The Labute approximate surface area is 251 Å². The van der Waals surface area contributed by atoms with Crippen LogP contribution in [0.1, 0.15) is 141 Å². The molecule has 1 saturated carbocycles. The molecule has 2 aromatic rings. The maximum Gasteiger partial charge on any atom is 0.248 e. The summed E-state index contributed by atoms with van der Waals surface area (Å²) < 4.78 is 30.1. The lowest BCUT2D eigenvalue weighted by Crippen LogP contribution is -2.56. The van der Waals surface area contributed by atoms with Gasteiger partial charge in [0, 0.05) is 53.8 Å². The second kappa shape index (κ2) is 11.6. The molecule has 1 amide bonds. The number of fused-ring (bicyclic) bond motifs is 2. The van der Waals surface area contributed by atoms with Gasteiger partial charge in [-0.3, -0.25) is 9.69 Å². The number of carbonyl (C=O) groups is 1. The average molecular weight is 584 g/mol. The predicted molar refractivity (Wildman–Crippen MR) is 163 cm³/mol. The zero-order chi connectivity index (χ0) is 30.4. The fraction of sp³-hybridized carbons (Fsp3) is 0.735. The molecule has 232 valence electrons. The highest BCUT2D eigenvalue weighted by Crippen LogP contribution is 2.48. The molecule has 2 saturated heterocycles. The standard InChI is InChI=1S/C34H51F2N5O/c1-22(2)29-38-39-31(32(3,4)5)40(29)27-19-25-13-14-26(20-27)41(25)33(6,7)21-28(23-11-9-8-10-12-23)37-30(42)24-15-17-34(35,36)18-16-24/h8-12,22,24-28H,13-21H2,1-7H3,(H,37,42)/t25?,26?,27?,28-/m0/s1. The van der Waals surface area contributed by atoms with Crippen LogP contribution >= 0.6 is 0 Å². The van der Waals surface area contributed by atoms with Crippen LogP contribution in [0, 0.1) is 5.92 Å². The summed E-state index contributed by atoms with van der Waals surface area (Å²) >= 11 is 0. The summed E-state index contributed by atoms with van der Waals surface area (Å²) in [6.45, 7) is 15.7. The van der Waals surface area contributed by atoms with Crippen LogP contribution in [0.4, 0.5) is 8.78 Å². The minimum atomic E-state index is -2.64. The van der Waals surface area contributed by atoms with Crippen LogP contribution in [-0.2, 0) is 10.2 Å². The molecule has 5 rings (SSSR count). The molecular weight excluding hydrogens is 532 g/mol. The van der Waals surface area contributed by atoms with Crippen molar-refractivity contribution in [3.63, 3.8) is 0 Å². The number of nitrogens with one attached hydrogen (secondary N) is 1. The van der Waals surface area contributed by atoms with Crippen molar-refractivity contribution in [1.29, 1.82) is 0 Å². The second-order valence-electron chi connectivity index (χ2n) is 15.2. The molecule has 2 unspecified atom stereocenters. The van der Waals surface area contributed by atoms with E-state index in [4.69, 9.17) is 0 Å². The molecule has 1 aromatic carbocycles. The van der Waals surface area contributed by atoms with Crippen molar-refractivity contribution in [3.05, 3.63) is 47.5 Å². The number of nitrogens with zero attached hydrogens (tertiary/aromatic N) is 4. The van der Waals surface area contributed by atoms with Crippen molar-refractivity contribution in [2.24, 2.45) is 5.92 Å². The van der Waals surface area contributed by atoms with Gasteiger partial charge in [-0.25, -0.2) is 8.78 Å². The Morgan fingerprint density at radius 3 is 2.10 bits per heavy atom. The third kappa shape index (κ3) is 6.44. The van der Waals surface area contributed by atoms with Gasteiger partial charge in [0.2, 0.25) is 11.8 Å². The van der Waals surface area contributed by atoms with Crippen LogP contribution in [0.25, 0.3) is 0 Å². The molecule has 6 nitrogen and oxygen atoms in total. The lowest BCUT2D eigenvalue weighted by atomic mass is 9.83. The molecular formula is C34H51F2N5O. The number of alkyl halides is 2. The first-order chi connectivity index (χ1) is 19.7. The monoisotopic (exact) mass is 583 g/mol. The van der Waals surface area contributed by atoms with E-state index in [2.05, 4.69) is 85.6 Å². The van der Waals surface area contributed by atoms with E-state index in [0.29, 0.717) is 24.0 Å². The van der Waals surface area contributed by atoms with Crippen molar-refractivity contribution in [3.8, 4) is 0 Å². The minimum absolute atomic E-state index is 0.0784. The van der Waals surface area contributed by atoms with Gasteiger partial charge in [-0.15, -0.1) is 10.2 Å². The zero-order valence-electron chi connectivity index (χ0n) is 26.7. The van der Waals surface area contributed by atoms with Crippen LogP contribution < -0.4 is 5.32 Å². The molecule has 3 fully saturated rings. The molecule has 3 heterocycles. The Morgan fingerprint density at radius 2 is 1.55 bits per heavy atom. The van der Waals surface area contributed by atoms with Crippen molar-refractivity contribution in [2.45, 2.75) is 153 Å². The smallest absolute Gasteiger partial charge is 0.248 e. The molecule has 0 spiro atoms. The van der Waals surface area contributed by atoms with Gasteiger partial charge in [0.15, 0.2) is 0 Å². The third-order valence-corrected chi connectivity index (χ3v) is 9.99. The Hall–Kier alpha value is -2.35. The summed E-state index contributed by atoms with van der Waals surface area (Å²) in [6.07, 6.45) is 5.35. The first-order valence-corrected chi connectivity index (χ1v) is 16.1. The van der Waals surface area contributed by atoms with Gasteiger partial charge in [0.25, 0.3) is 0 Å². The van der Waals surface area contributed by atoms with Gasteiger partial charge < -0.3 is 9.88 Å². The Morgan fingerprint density at radius 1 is 0.952 bits per heavy atom. The van der Waals surface area contributed by atoms with E-state index < -0.39 is 5.92 Å². The first kappa shape index (κ1) is 31.1. The van der Waals surface area contributed by atoms with Gasteiger partial charge in [-0.1, -0.05) is 65.0 Å². The fourth-order valence-corrected chi connectivity index (χ4v) is 8.05. The minimum Gasteiger partial charge on any atom is -0.349 e. The highest BCUT2D eigenvalue weighted by molar-refractivity contribution is 5.79. The van der Waals surface area contributed by atoms with Crippen LogP contribution in [0.2, 0.25) is 0 Å². The number of aromatic nitrogens is 3. The number of carbonyl (C=O) groups excluding carboxylic acids is 1. The van der Waals surface area contributed by atoms with Gasteiger partial charge in [0.1, 0.15) is 11.6 Å². The van der Waals surface area contributed by atoms with Crippen LogP contribution in [0.3, 0.4) is 0 Å². The summed E-state index contributed by atoms with van der Waals surface area (Å²) in [5, 5.41) is 12.7. The maximum atomic E-state index is 13.8. The lowest BCUT2D eigenvalue weighted by molar-refractivity contribution is -0.130. The van der Waals surface area contributed by atoms with Gasteiger partial charge >= 0.3 is 0 Å². The Bertz CT molecular complexity index is 1210. The number of hydrogen-bond donors (Lipinski definition) is 1. The van der Waals surface area contributed by atoms with Crippen molar-refractivity contribution in [2.75, 3.05) is 0 Å². The van der Waals surface area contributed by atoms with Crippen LogP contribution in [0.5, 0.6) is 0 Å². The number of piperidine rings is 1. The third-order valence-electron chi connectivity index (χ3n) is 9.99. The van der Waals surface area contributed by atoms with E-state index in [-0.39, 0.29) is 54.5 Å². The summed E-state index contributed by atoms with van der Waals surface area (Å²) in [4.78, 5) is 16.1. The van der Waals surface area contributed by atoms with Gasteiger partial charge in [-0.05, 0) is 64.4 Å². The first-order valence-electron chi connectivity index (χ1n) is 16.1. The number of amides is 1. The molecule has 1 aromatic heterocycles. The summed E-state index contributed by atoms with van der Waals surface area (Å²) in [7, 11) is 0. The van der Waals surface area contributed by atoms with E-state index >= 15 is 0 Å². The molecule has 2 aliphatic heterocycles. The molecule has 3 aliphatic rings. The number of benzene rings is 1. The van der Waals surface area contributed by atoms with Crippen LogP contribution in [-0.4, -0.2) is 49.1 Å². The van der Waals surface area contributed by atoms with Crippen LogP contribution in [0.15, 0.2) is 30.3 Å². The number of hydrogen-bond acceptors (Lipinski definition) is 4. The summed E-state index contributed by atoms with van der Waals surface area (Å²) in [5.41, 5.74) is 0.832. The molecule has 42 heavy (non-hydrogen) atoms. The highest BCUT2D eigenvalue weighted by atomic mass is 19.3. The zero-order valence-corrected chi connectivity index (χ0v) is 26.7. The molecule has 0 radical (unpaired) electrons. The summed E-state index contributed by atoms with van der Waals surface area (Å²) in [6, 6.07) is 11.3. The SMILES string of the molecule is CC(C)c1nnc(C(C)(C)C)n1C1CC2CCC(C1)N2C(C)(C)C[C@H](NC(=O)C1CCC(F)(F)CC1)c1ccccc1. The quantitative estimate of drug-likeness (QED) is 0.346. The Kier molecular flexibility index (Phi) is 8.60. The molecule has 1 aliphatic carbocycles. The lowest BCUT2D eigenvalue weighted by Gasteiger charge is -2.50. The Balaban J connectivity index is 1.35. The molecule has 2 bridgehead atoms. The van der Waals surface area contributed by atoms with E-state index in [1.807, 2.05) is 18.2 Å². The van der Waals surface area contributed by atoms with E-state index in [0.717, 1.165) is 36.5 Å². The number of halogens is 2. The second-order valence-corrected chi connectivity index (χ2v) is 15.2. The normalized spacial score (nSPS) is 26.0. The van der Waals surface area contributed by atoms with E-state index in [9.17, 15) is 13.6 Å². The van der Waals surface area contributed by atoms with Crippen molar-refractivity contribution in [1.82, 2.24) is 25.0 Å². The topological polar surface area (TPSA) is 63.1 Å². The molecule has 8 heteroatoms. The summed E-state index contributed by atoms with van der Waals surface area (Å²) in [5.74, 6) is -0.590. The molecule has 1 N–H and O–H groups in total. The van der Waals surface area contributed by atoms with E-state index in [1.165, 1.54) is 12.8 Å². The average Bonchev–Trinajstić information content (AvgIpc) is 3.49. The van der Waals surface area contributed by atoms with Gasteiger partial charge in [-0.2, -0.15) is 0 Å².